The summed E-state index contributed by atoms with van der Waals surface area (Å²) in [6, 6.07) is -1.05. The lowest BCUT2D eigenvalue weighted by Gasteiger charge is -2.50. The lowest BCUT2D eigenvalue weighted by Crippen LogP contribution is -2.71. The van der Waals surface area contributed by atoms with Crippen LogP contribution in [-0.2, 0) is 20.9 Å². The number of carboxylic acid groups (broad SMARTS) is 1. The van der Waals surface area contributed by atoms with Gasteiger partial charge in [0, 0.05) is 29.8 Å². The number of carboxylic acids is 1. The summed E-state index contributed by atoms with van der Waals surface area (Å²) in [5.41, 5.74) is 5.31. The number of aliphatic hydroxyl groups excluding tert-OH is 2. The Labute approximate surface area is 223 Å². The van der Waals surface area contributed by atoms with Crippen LogP contribution in [0, 0.1) is 0 Å². The number of hydrogen-bond acceptors (Lipinski definition) is 14. The average molecular weight is 565 g/mol. The first-order valence-electron chi connectivity index (χ1n) is 11.2. The number of hydrogen-bond donors (Lipinski definition) is 5. The number of aliphatic hydroxyl groups is 2. The molecule has 0 saturated carbocycles. The van der Waals surface area contributed by atoms with Gasteiger partial charge in [-0.1, -0.05) is 5.16 Å². The largest absolute Gasteiger partial charge is 0.543 e. The molecule has 38 heavy (non-hydrogen) atoms. The summed E-state index contributed by atoms with van der Waals surface area (Å²) in [7, 11) is 0. The maximum Gasteiger partial charge on any atom is 0.276 e. The van der Waals surface area contributed by atoms with Gasteiger partial charge in [0.2, 0.25) is 6.20 Å². The number of fused-ring (bicyclic) bond motifs is 1. The third-order valence-electron chi connectivity index (χ3n) is 5.79. The van der Waals surface area contributed by atoms with Crippen molar-refractivity contribution >= 4 is 57.5 Å². The average Bonchev–Trinajstić information content (AvgIpc) is 3.32. The van der Waals surface area contributed by atoms with Gasteiger partial charge in [-0.25, -0.2) is 9.97 Å². The number of anilines is 2. The smallest absolute Gasteiger partial charge is 0.276 e. The number of nitrogen functional groups attached to an aromatic ring is 1. The Balaban J connectivity index is 1.51. The van der Waals surface area contributed by atoms with Crippen LogP contribution in [0.15, 0.2) is 40.4 Å². The van der Waals surface area contributed by atoms with Gasteiger partial charge in [-0.2, -0.15) is 4.57 Å². The van der Waals surface area contributed by atoms with Crippen LogP contribution in [0.2, 0.25) is 0 Å². The molecule has 1 unspecified atom stereocenters. The third-order valence-corrected chi connectivity index (χ3v) is 7.80. The summed E-state index contributed by atoms with van der Waals surface area (Å²) in [5, 5.41) is 46.3. The first-order chi connectivity index (χ1) is 18.3. The number of thioether (sulfide) groups is 1. The summed E-state index contributed by atoms with van der Waals surface area (Å²) in [5.74, 6) is -2.35. The zero-order valence-electron chi connectivity index (χ0n) is 19.8. The van der Waals surface area contributed by atoms with Crippen molar-refractivity contribution in [2.24, 2.45) is 5.16 Å². The van der Waals surface area contributed by atoms with Crippen molar-refractivity contribution in [2.75, 3.05) is 42.7 Å². The topological polar surface area (TPSA) is 222 Å². The van der Waals surface area contributed by atoms with Crippen LogP contribution in [-0.4, -0.2) is 97.3 Å². The summed E-state index contributed by atoms with van der Waals surface area (Å²) < 4.78 is 1.68. The van der Waals surface area contributed by atoms with E-state index < -0.39 is 34.9 Å². The van der Waals surface area contributed by atoms with Crippen molar-refractivity contribution < 1.29 is 39.5 Å². The van der Waals surface area contributed by atoms with E-state index in [0.717, 1.165) is 16.2 Å². The standard InChI is InChI=1S/C21H24N8O7S2/c22-21-24-12(10-38-21)14(26-36)17(32)25-15-18(33)29-16(20(34)35)11(9-37-19(15)29)7-27-2-1-23-13(8-27)28(3-5-30)4-6-31/h1-2,8,10,15,19,30-31H,3-7,9H2,(H4-,22,24,25,32,34,35,36)/t15?,19-/m1/s1. The summed E-state index contributed by atoms with van der Waals surface area (Å²) in [6.45, 7) is 0.309. The van der Waals surface area contributed by atoms with E-state index in [0.29, 0.717) is 11.4 Å². The number of rotatable bonds is 11. The van der Waals surface area contributed by atoms with Crippen LogP contribution >= 0.6 is 23.1 Å². The minimum atomic E-state index is -1.53. The lowest BCUT2D eigenvalue weighted by atomic mass is 10.0. The predicted octanol–water partition coefficient (Wildman–Crippen LogP) is -3.52. The predicted molar refractivity (Wildman–Crippen MR) is 133 cm³/mol. The molecule has 1 saturated heterocycles. The molecule has 2 aliphatic heterocycles. The molecule has 2 aliphatic rings. The SMILES string of the molecule is Nc1nc(/C(=N/O)C(=O)NC2C(=O)N3C(C(=O)[O-])=C(C[n+]4ccnc(N(CCO)CCO)c4)CS[C@H]23)cs1. The molecule has 15 nitrogen and oxygen atoms in total. The van der Waals surface area contributed by atoms with Crippen molar-refractivity contribution in [2.45, 2.75) is 18.0 Å². The zero-order chi connectivity index (χ0) is 27.4. The Bertz CT molecular complexity index is 1290. The van der Waals surface area contributed by atoms with Gasteiger partial charge in [-0.15, -0.1) is 23.1 Å². The number of oxime groups is 1. The Kier molecular flexibility index (Phi) is 8.40. The van der Waals surface area contributed by atoms with E-state index in [2.05, 4.69) is 20.4 Å². The number of β-lactam (4-membered cyclic amide) rings is 1. The van der Waals surface area contributed by atoms with E-state index in [4.69, 9.17) is 5.73 Å². The van der Waals surface area contributed by atoms with Gasteiger partial charge >= 0.3 is 0 Å². The van der Waals surface area contributed by atoms with Crippen LogP contribution in [0.4, 0.5) is 10.9 Å². The molecule has 0 aliphatic carbocycles. The second-order valence-electron chi connectivity index (χ2n) is 8.14. The van der Waals surface area contributed by atoms with Crippen molar-refractivity contribution in [1.29, 1.82) is 0 Å². The van der Waals surface area contributed by atoms with Gasteiger partial charge in [-0.05, 0) is 0 Å². The number of nitrogens with zero attached hydrogens (tertiary/aromatic N) is 6. The molecule has 6 N–H and O–H groups in total. The lowest BCUT2D eigenvalue weighted by molar-refractivity contribution is -0.688. The first-order valence-corrected chi connectivity index (χ1v) is 13.2. The van der Waals surface area contributed by atoms with Gasteiger partial charge in [0.05, 0.1) is 31.1 Å². The number of aromatic nitrogens is 3. The monoisotopic (exact) mass is 564 g/mol. The van der Waals surface area contributed by atoms with Gasteiger partial charge in [0.25, 0.3) is 11.8 Å². The fraction of sp³-hybridized carbons (Fsp3) is 0.381. The Morgan fingerprint density at radius 3 is 2.68 bits per heavy atom. The summed E-state index contributed by atoms with van der Waals surface area (Å²) in [6.07, 6.45) is 4.77. The quantitative estimate of drug-likeness (QED) is 0.0589. The van der Waals surface area contributed by atoms with Gasteiger partial charge < -0.3 is 41.3 Å². The minimum Gasteiger partial charge on any atom is -0.543 e. The summed E-state index contributed by atoms with van der Waals surface area (Å²) in [4.78, 5) is 48.6. The highest BCUT2D eigenvalue weighted by atomic mass is 32.2. The van der Waals surface area contributed by atoms with Gasteiger partial charge in [0.1, 0.15) is 17.1 Å². The maximum atomic E-state index is 12.9. The fourth-order valence-corrected chi connectivity index (χ4v) is 5.98. The Morgan fingerprint density at radius 1 is 1.34 bits per heavy atom. The second kappa shape index (κ2) is 11.7. The fourth-order valence-electron chi connectivity index (χ4n) is 4.10. The van der Waals surface area contributed by atoms with Crippen molar-refractivity contribution in [3.63, 3.8) is 0 Å². The van der Waals surface area contributed by atoms with E-state index in [9.17, 15) is 34.9 Å². The van der Waals surface area contributed by atoms with Crippen LogP contribution in [0.1, 0.15) is 5.69 Å². The molecule has 2 amide bonds. The number of nitrogens with one attached hydrogen (secondary N) is 1. The molecule has 2 aromatic rings. The van der Waals surface area contributed by atoms with Gasteiger partial charge in [0.15, 0.2) is 29.4 Å². The number of aliphatic carboxylic acids is 1. The molecule has 0 aromatic carbocycles. The number of carbonyl (C=O) groups is 3. The van der Waals surface area contributed by atoms with Crippen LogP contribution < -0.4 is 25.6 Å². The van der Waals surface area contributed by atoms with E-state index in [1.807, 2.05) is 0 Å². The first kappa shape index (κ1) is 27.2. The molecule has 0 bridgehead atoms. The molecule has 4 heterocycles. The van der Waals surface area contributed by atoms with E-state index in [-0.39, 0.29) is 55.1 Å². The normalized spacial score (nSPS) is 19.2. The van der Waals surface area contributed by atoms with Crippen molar-refractivity contribution in [3.8, 4) is 0 Å². The maximum absolute atomic E-state index is 12.9. The molecule has 2 atom stereocenters. The number of thiazole rings is 1. The van der Waals surface area contributed by atoms with Crippen molar-refractivity contribution in [3.05, 3.63) is 40.9 Å². The second-order valence-corrected chi connectivity index (χ2v) is 10.1. The number of amides is 2. The Morgan fingerprint density at radius 2 is 2.08 bits per heavy atom. The number of nitrogens with two attached hydrogens (primary N) is 1. The molecule has 0 radical (unpaired) electrons. The third kappa shape index (κ3) is 5.40. The van der Waals surface area contributed by atoms with E-state index >= 15 is 0 Å². The molecule has 1 fully saturated rings. The molecular weight excluding hydrogens is 540 g/mol. The van der Waals surface area contributed by atoms with Crippen LogP contribution in [0.25, 0.3) is 0 Å². The van der Waals surface area contributed by atoms with Crippen LogP contribution in [0.5, 0.6) is 0 Å². The van der Waals surface area contributed by atoms with Crippen molar-refractivity contribution in [1.82, 2.24) is 20.2 Å². The Hall–Kier alpha value is -3.80. The highest BCUT2D eigenvalue weighted by Gasteiger charge is 2.53. The molecule has 0 spiro atoms. The minimum absolute atomic E-state index is 0.0373. The highest BCUT2D eigenvalue weighted by Crippen LogP contribution is 2.40. The van der Waals surface area contributed by atoms with Crippen LogP contribution in [0.3, 0.4) is 0 Å². The van der Waals surface area contributed by atoms with E-state index in [1.54, 1.807) is 21.9 Å². The number of carbonyl (C=O) groups excluding carboxylic acids is 3. The van der Waals surface area contributed by atoms with E-state index in [1.165, 1.54) is 23.3 Å². The molecule has 202 valence electrons. The molecular formula is C21H24N8O7S2. The highest BCUT2D eigenvalue weighted by molar-refractivity contribution is 8.00. The molecule has 4 rings (SSSR count). The molecule has 17 heteroatoms. The zero-order valence-corrected chi connectivity index (χ0v) is 21.4. The van der Waals surface area contributed by atoms with Gasteiger partial charge in [-0.3, -0.25) is 14.5 Å². The molecule has 2 aromatic heterocycles. The summed E-state index contributed by atoms with van der Waals surface area (Å²) >= 11 is 2.30.